The molecule has 12 heteroatoms. The Bertz CT molecular complexity index is 1490. The summed E-state index contributed by atoms with van der Waals surface area (Å²) in [6, 6.07) is 13.2. The summed E-state index contributed by atoms with van der Waals surface area (Å²) in [5.74, 6) is 1.35. The topological polar surface area (TPSA) is 114 Å². The molecular weight excluding hydrogens is 552 g/mol. The van der Waals surface area contributed by atoms with Gasteiger partial charge in [-0.2, -0.15) is 0 Å². The zero-order chi connectivity index (χ0) is 28.8. The highest BCUT2D eigenvalue weighted by molar-refractivity contribution is 7.99. The molecule has 0 spiro atoms. The number of esters is 1. The van der Waals surface area contributed by atoms with E-state index in [1.54, 1.807) is 33.5 Å². The van der Waals surface area contributed by atoms with Crippen LogP contribution in [0.25, 0.3) is 22.5 Å². The third-order valence-electron chi connectivity index (χ3n) is 6.08. The highest BCUT2D eigenvalue weighted by Gasteiger charge is 2.25. The van der Waals surface area contributed by atoms with Gasteiger partial charge < -0.3 is 28.8 Å². The van der Waals surface area contributed by atoms with Crippen molar-refractivity contribution < 1.29 is 28.5 Å². The van der Waals surface area contributed by atoms with Gasteiger partial charge in [0.2, 0.25) is 11.7 Å². The van der Waals surface area contributed by atoms with Crippen LogP contribution in [-0.2, 0) is 16.1 Å². The molecular formula is C28H30N4O6S2. The van der Waals surface area contributed by atoms with Gasteiger partial charge in [0.25, 0.3) is 0 Å². The van der Waals surface area contributed by atoms with Crippen molar-refractivity contribution >= 4 is 40.0 Å². The number of rotatable bonds is 11. The van der Waals surface area contributed by atoms with Crippen molar-refractivity contribution in [2.75, 3.05) is 39.5 Å². The number of hydrogen-bond acceptors (Lipinski definition) is 10. The molecule has 0 aliphatic carbocycles. The predicted octanol–water partition coefficient (Wildman–Crippen LogP) is 5.55. The van der Waals surface area contributed by atoms with Crippen molar-refractivity contribution in [1.29, 1.82) is 0 Å². The summed E-state index contributed by atoms with van der Waals surface area (Å²) in [7, 11) is 5.97. The Kier molecular flexibility index (Phi) is 9.33. The Balaban J connectivity index is 1.56. The lowest BCUT2D eigenvalue weighted by Gasteiger charge is -2.14. The number of aryl methyl sites for hydroxylation is 1. The van der Waals surface area contributed by atoms with Crippen LogP contribution in [0.2, 0.25) is 0 Å². The fourth-order valence-electron chi connectivity index (χ4n) is 4.28. The predicted molar refractivity (Wildman–Crippen MR) is 156 cm³/mol. The Morgan fingerprint density at radius 2 is 1.65 bits per heavy atom. The number of nitrogens with one attached hydrogen (secondary N) is 1. The summed E-state index contributed by atoms with van der Waals surface area (Å²) in [6.07, 6.45) is 0. The van der Waals surface area contributed by atoms with Gasteiger partial charge in [0.1, 0.15) is 10.6 Å². The summed E-state index contributed by atoms with van der Waals surface area (Å²) < 4.78 is 23.3. The second kappa shape index (κ2) is 12.9. The number of methoxy groups -OCH3 is 4. The molecule has 0 aliphatic rings. The lowest BCUT2D eigenvalue weighted by Crippen LogP contribution is -2.16. The molecule has 4 rings (SSSR count). The Morgan fingerprint density at radius 1 is 0.975 bits per heavy atom. The van der Waals surface area contributed by atoms with Crippen LogP contribution in [-0.4, -0.2) is 60.8 Å². The molecule has 0 saturated heterocycles. The van der Waals surface area contributed by atoms with Crippen molar-refractivity contribution in [2.24, 2.45) is 0 Å². The minimum atomic E-state index is -0.508. The Labute approximate surface area is 240 Å². The van der Waals surface area contributed by atoms with E-state index >= 15 is 0 Å². The first-order valence-electron chi connectivity index (χ1n) is 12.3. The molecule has 0 fully saturated rings. The molecule has 1 amide bonds. The maximum atomic E-state index is 13.0. The van der Waals surface area contributed by atoms with Gasteiger partial charge >= 0.3 is 5.97 Å². The van der Waals surface area contributed by atoms with E-state index in [0.717, 1.165) is 21.6 Å². The number of benzene rings is 2. The van der Waals surface area contributed by atoms with Crippen LogP contribution >= 0.6 is 23.1 Å². The second-order valence-corrected chi connectivity index (χ2v) is 10.6. The molecule has 210 valence electrons. The molecule has 2 aromatic carbocycles. The van der Waals surface area contributed by atoms with E-state index in [-0.39, 0.29) is 11.7 Å². The lowest BCUT2D eigenvalue weighted by atomic mass is 10.0. The summed E-state index contributed by atoms with van der Waals surface area (Å²) in [5, 5.41) is 12.6. The van der Waals surface area contributed by atoms with Crippen molar-refractivity contribution in [2.45, 2.75) is 25.5 Å². The first-order chi connectivity index (χ1) is 19.4. The average Bonchev–Trinajstić information content (AvgIpc) is 3.54. The highest BCUT2D eigenvalue weighted by Crippen LogP contribution is 2.42. The number of carbonyl (C=O) groups excluding carboxylic acids is 2. The molecule has 2 aromatic heterocycles. The smallest absolute Gasteiger partial charge is 0.341 e. The molecule has 2 heterocycles. The van der Waals surface area contributed by atoms with E-state index in [1.807, 2.05) is 48.7 Å². The zero-order valence-electron chi connectivity index (χ0n) is 23.1. The first-order valence-corrected chi connectivity index (χ1v) is 14.1. The van der Waals surface area contributed by atoms with Gasteiger partial charge in [-0.15, -0.1) is 21.5 Å². The molecule has 0 radical (unpaired) electrons. The number of thioether (sulfide) groups is 1. The summed E-state index contributed by atoms with van der Waals surface area (Å²) in [6.45, 7) is 4.45. The molecule has 0 unspecified atom stereocenters. The molecule has 40 heavy (non-hydrogen) atoms. The number of thiophene rings is 1. The molecule has 0 aliphatic heterocycles. The third kappa shape index (κ3) is 5.77. The van der Waals surface area contributed by atoms with Crippen molar-refractivity contribution in [1.82, 2.24) is 14.8 Å². The van der Waals surface area contributed by atoms with Gasteiger partial charge in [0, 0.05) is 22.5 Å². The van der Waals surface area contributed by atoms with Crippen LogP contribution in [0.4, 0.5) is 5.00 Å². The number of nitrogens with zero attached hydrogens (tertiary/aromatic N) is 3. The van der Waals surface area contributed by atoms with E-state index in [9.17, 15) is 9.59 Å². The van der Waals surface area contributed by atoms with Crippen LogP contribution in [0.1, 0.15) is 22.2 Å². The van der Waals surface area contributed by atoms with Crippen LogP contribution in [0.5, 0.6) is 17.2 Å². The number of hydrogen-bond donors (Lipinski definition) is 1. The fraction of sp³-hybridized carbons (Fsp3) is 0.286. The van der Waals surface area contributed by atoms with Crippen LogP contribution < -0.4 is 19.5 Å². The quantitative estimate of drug-likeness (QED) is 0.180. The van der Waals surface area contributed by atoms with Crippen molar-refractivity contribution in [3.63, 3.8) is 0 Å². The summed E-state index contributed by atoms with van der Waals surface area (Å²) in [5.41, 5.74) is 2.70. The second-order valence-electron chi connectivity index (χ2n) is 8.40. The van der Waals surface area contributed by atoms with Gasteiger partial charge in [-0.3, -0.25) is 4.79 Å². The van der Waals surface area contributed by atoms with Crippen molar-refractivity contribution in [3.8, 4) is 39.8 Å². The Morgan fingerprint density at radius 3 is 2.23 bits per heavy atom. The number of amides is 1. The van der Waals surface area contributed by atoms with E-state index in [1.165, 1.54) is 30.2 Å². The standard InChI is InChI=1S/C28H30N4O6S2/c1-7-32-25(18-13-19(35-3)24(37-5)20(14-18)36-4)30-31-28(32)39-15-21(33)29-26-23(27(34)38-6)22(16(2)40-26)17-11-9-8-10-12-17/h8-14H,7,15H2,1-6H3,(H,29,33). The normalized spacial score (nSPS) is 10.8. The summed E-state index contributed by atoms with van der Waals surface area (Å²) in [4.78, 5) is 26.7. The largest absolute Gasteiger partial charge is 0.493 e. The Hall–Kier alpha value is -4.03. The van der Waals surface area contributed by atoms with Crippen LogP contribution in [0, 0.1) is 6.92 Å². The van der Waals surface area contributed by atoms with Gasteiger partial charge in [-0.1, -0.05) is 42.1 Å². The number of anilines is 1. The first kappa shape index (κ1) is 29.0. The monoisotopic (exact) mass is 582 g/mol. The lowest BCUT2D eigenvalue weighted by molar-refractivity contribution is -0.113. The molecule has 0 bridgehead atoms. The van der Waals surface area contributed by atoms with Crippen LogP contribution in [0.3, 0.4) is 0 Å². The van der Waals surface area contributed by atoms with Gasteiger partial charge in [-0.25, -0.2) is 4.79 Å². The minimum absolute atomic E-state index is 0.0611. The molecule has 4 aromatic rings. The van der Waals surface area contributed by atoms with Crippen molar-refractivity contribution in [3.05, 3.63) is 52.9 Å². The van der Waals surface area contributed by atoms with Gasteiger partial charge in [0.05, 0.1) is 34.2 Å². The highest BCUT2D eigenvalue weighted by atomic mass is 32.2. The number of carbonyl (C=O) groups is 2. The van der Waals surface area contributed by atoms with E-state index in [0.29, 0.717) is 45.3 Å². The maximum absolute atomic E-state index is 13.0. The SMILES string of the molecule is CCn1c(SCC(=O)Nc2sc(C)c(-c3ccccc3)c2C(=O)OC)nnc1-c1cc(OC)c(OC)c(OC)c1. The van der Waals surface area contributed by atoms with E-state index in [4.69, 9.17) is 18.9 Å². The van der Waals surface area contributed by atoms with Gasteiger partial charge in [0.15, 0.2) is 22.5 Å². The third-order valence-corrected chi connectivity index (χ3v) is 8.06. The van der Waals surface area contributed by atoms with E-state index in [2.05, 4.69) is 15.5 Å². The molecule has 0 atom stereocenters. The number of aromatic nitrogens is 3. The average molecular weight is 583 g/mol. The number of ether oxygens (including phenoxy) is 4. The maximum Gasteiger partial charge on any atom is 0.341 e. The van der Waals surface area contributed by atoms with Crippen LogP contribution in [0.15, 0.2) is 47.6 Å². The fourth-order valence-corrected chi connectivity index (χ4v) is 6.16. The van der Waals surface area contributed by atoms with Gasteiger partial charge in [-0.05, 0) is 31.5 Å². The zero-order valence-corrected chi connectivity index (χ0v) is 24.7. The minimum Gasteiger partial charge on any atom is -0.493 e. The molecule has 0 saturated carbocycles. The summed E-state index contributed by atoms with van der Waals surface area (Å²) >= 11 is 2.59. The molecule has 1 N–H and O–H groups in total. The van der Waals surface area contributed by atoms with E-state index < -0.39 is 5.97 Å². The molecule has 10 nitrogen and oxygen atoms in total.